The van der Waals surface area contributed by atoms with E-state index in [0.717, 1.165) is 36.9 Å². The fourth-order valence-corrected chi connectivity index (χ4v) is 6.94. The summed E-state index contributed by atoms with van der Waals surface area (Å²) in [5, 5.41) is 12.6. The van der Waals surface area contributed by atoms with Crippen LogP contribution in [0.5, 0.6) is 0 Å². The summed E-state index contributed by atoms with van der Waals surface area (Å²) in [6, 6.07) is 10.3. The molecule has 40 heavy (non-hydrogen) atoms. The van der Waals surface area contributed by atoms with E-state index in [4.69, 9.17) is 9.40 Å². The van der Waals surface area contributed by atoms with Crippen molar-refractivity contribution in [1.82, 2.24) is 20.3 Å². The number of nitriles is 1. The highest BCUT2D eigenvalue weighted by atomic mass is 32.3. The summed E-state index contributed by atoms with van der Waals surface area (Å²) in [4.78, 5) is 29.1. The zero-order valence-corrected chi connectivity index (χ0v) is 23.4. The molecule has 2 saturated carbocycles. The van der Waals surface area contributed by atoms with Gasteiger partial charge in [0, 0.05) is 48.6 Å². The minimum atomic E-state index is -2.47. The molecule has 3 N–H and O–H groups in total. The van der Waals surface area contributed by atoms with Gasteiger partial charge in [0.2, 0.25) is 11.8 Å². The molecule has 1 aromatic carbocycles. The Labute approximate surface area is 235 Å². The number of aryl methyl sites for hydroxylation is 1. The van der Waals surface area contributed by atoms with Gasteiger partial charge in [0.25, 0.3) is 0 Å². The Morgan fingerprint density at radius 2 is 1.77 bits per heavy atom. The van der Waals surface area contributed by atoms with E-state index in [9.17, 15) is 19.2 Å². The molecular weight excluding hydrogens is 528 g/mol. The lowest BCUT2D eigenvalue weighted by Crippen LogP contribution is -2.42. The van der Waals surface area contributed by atoms with Crippen molar-refractivity contribution in [3.63, 3.8) is 0 Å². The van der Waals surface area contributed by atoms with E-state index < -0.39 is 16.1 Å². The average Bonchev–Trinajstić information content (AvgIpc) is 3.60. The lowest BCUT2D eigenvalue weighted by molar-refractivity contribution is -0.127. The molecule has 3 heterocycles. The molecule has 3 aliphatic rings. The van der Waals surface area contributed by atoms with Gasteiger partial charge in [0.05, 0.1) is 23.1 Å². The SMILES string of the molecule is Cc1ncc(-c2nc(-c3ccc(N4CCS(O)(O)CC4)cc3)c([C@@H]3CCCC[C@H]3C(=O)NC3(C#N)CC3)o2)cn1. The summed E-state index contributed by atoms with van der Waals surface area (Å²) < 4.78 is 26.4. The molecule has 1 amide bonds. The van der Waals surface area contributed by atoms with E-state index in [-0.39, 0.29) is 17.7 Å². The topological polar surface area (TPSA) is 148 Å². The first-order valence-electron chi connectivity index (χ1n) is 13.9. The zero-order valence-electron chi connectivity index (χ0n) is 22.5. The lowest BCUT2D eigenvalue weighted by Gasteiger charge is -2.41. The van der Waals surface area contributed by atoms with Crippen molar-refractivity contribution in [1.29, 1.82) is 5.26 Å². The molecule has 6 rings (SSSR count). The van der Waals surface area contributed by atoms with Gasteiger partial charge < -0.3 is 14.6 Å². The highest BCUT2D eigenvalue weighted by Crippen LogP contribution is 2.45. The molecule has 3 fully saturated rings. The normalized spacial score (nSPS) is 24.1. The molecular formula is C29H34N6O4S. The molecule has 2 aliphatic carbocycles. The maximum Gasteiger partial charge on any atom is 0.230 e. The largest absolute Gasteiger partial charge is 0.440 e. The highest BCUT2D eigenvalue weighted by Gasteiger charge is 2.47. The average molecular weight is 563 g/mol. The van der Waals surface area contributed by atoms with Crippen molar-refractivity contribution in [2.45, 2.75) is 56.9 Å². The molecule has 11 heteroatoms. The predicted molar refractivity (Wildman–Crippen MR) is 153 cm³/mol. The van der Waals surface area contributed by atoms with Crippen molar-refractivity contribution >= 4 is 22.2 Å². The summed E-state index contributed by atoms with van der Waals surface area (Å²) in [5.74, 6) is 1.94. The first kappa shape index (κ1) is 26.7. The second-order valence-electron chi connectivity index (χ2n) is 11.2. The van der Waals surface area contributed by atoms with Gasteiger partial charge in [-0.15, -0.1) is 0 Å². The van der Waals surface area contributed by atoms with Gasteiger partial charge in [0.1, 0.15) is 22.8 Å². The number of benzene rings is 1. The van der Waals surface area contributed by atoms with Crippen LogP contribution in [0, 0.1) is 24.2 Å². The number of hydrogen-bond acceptors (Lipinski definition) is 9. The second kappa shape index (κ2) is 10.5. The molecule has 2 aromatic heterocycles. The van der Waals surface area contributed by atoms with Crippen LogP contribution >= 0.6 is 10.6 Å². The van der Waals surface area contributed by atoms with Gasteiger partial charge in [-0.05, 0) is 44.7 Å². The predicted octanol–water partition coefficient (Wildman–Crippen LogP) is 5.12. The van der Waals surface area contributed by atoms with Crippen molar-refractivity contribution < 1.29 is 18.3 Å². The Morgan fingerprint density at radius 1 is 1.10 bits per heavy atom. The molecule has 10 nitrogen and oxygen atoms in total. The van der Waals surface area contributed by atoms with Gasteiger partial charge in [-0.1, -0.05) is 25.0 Å². The molecule has 0 unspecified atom stereocenters. The van der Waals surface area contributed by atoms with Gasteiger partial charge >= 0.3 is 0 Å². The van der Waals surface area contributed by atoms with E-state index in [1.165, 1.54) is 0 Å². The summed E-state index contributed by atoms with van der Waals surface area (Å²) in [5.41, 5.74) is 2.53. The van der Waals surface area contributed by atoms with Crippen LogP contribution in [0.3, 0.4) is 0 Å². The summed E-state index contributed by atoms with van der Waals surface area (Å²) in [6.45, 7) is 3.01. The Kier molecular flexibility index (Phi) is 7.02. The van der Waals surface area contributed by atoms with Gasteiger partial charge in [-0.25, -0.2) is 15.0 Å². The maximum atomic E-state index is 13.4. The van der Waals surface area contributed by atoms with Crippen LogP contribution in [0.25, 0.3) is 22.7 Å². The first-order chi connectivity index (χ1) is 19.3. The Bertz CT molecular complexity index is 1420. The fourth-order valence-electron chi connectivity index (χ4n) is 5.71. The quantitative estimate of drug-likeness (QED) is 0.372. The van der Waals surface area contributed by atoms with E-state index in [1.807, 2.05) is 31.2 Å². The first-order valence-corrected chi connectivity index (χ1v) is 15.8. The Hall–Kier alpha value is -3.46. The molecule has 3 aromatic rings. The molecule has 1 saturated heterocycles. The number of oxazole rings is 1. The van der Waals surface area contributed by atoms with Crippen LogP contribution in [-0.2, 0) is 4.79 Å². The Morgan fingerprint density at radius 3 is 2.42 bits per heavy atom. The van der Waals surface area contributed by atoms with Gasteiger partial charge in [0.15, 0.2) is 0 Å². The molecule has 0 radical (unpaired) electrons. The number of rotatable bonds is 6. The summed E-state index contributed by atoms with van der Waals surface area (Å²) in [7, 11) is -2.47. The van der Waals surface area contributed by atoms with Crippen LogP contribution < -0.4 is 10.2 Å². The van der Waals surface area contributed by atoms with E-state index in [0.29, 0.717) is 66.2 Å². The van der Waals surface area contributed by atoms with E-state index in [1.54, 1.807) is 12.4 Å². The number of carbonyl (C=O) groups is 1. The van der Waals surface area contributed by atoms with Gasteiger partial charge in [-0.2, -0.15) is 15.9 Å². The minimum absolute atomic E-state index is 0.0854. The number of anilines is 1. The van der Waals surface area contributed by atoms with Crippen LogP contribution in [0.4, 0.5) is 5.69 Å². The number of nitrogens with one attached hydrogen (secondary N) is 1. The van der Waals surface area contributed by atoms with Crippen LogP contribution in [0.2, 0.25) is 0 Å². The van der Waals surface area contributed by atoms with Crippen molar-refractivity contribution in [3.8, 4) is 28.8 Å². The molecule has 0 bridgehead atoms. The number of carbonyl (C=O) groups excluding carboxylic acids is 1. The number of hydrogen-bond donors (Lipinski definition) is 3. The molecule has 2 atom stereocenters. The summed E-state index contributed by atoms with van der Waals surface area (Å²) >= 11 is 0. The minimum Gasteiger partial charge on any atom is -0.440 e. The third-order valence-corrected chi connectivity index (χ3v) is 10.0. The summed E-state index contributed by atoms with van der Waals surface area (Å²) in [6.07, 6.45) is 8.23. The highest BCUT2D eigenvalue weighted by molar-refractivity contribution is 8.24. The smallest absolute Gasteiger partial charge is 0.230 e. The molecule has 210 valence electrons. The zero-order chi connectivity index (χ0) is 27.9. The Balaban J connectivity index is 1.34. The third-order valence-electron chi connectivity index (χ3n) is 8.33. The number of nitrogens with zero attached hydrogens (tertiary/aromatic N) is 5. The van der Waals surface area contributed by atoms with Crippen molar-refractivity contribution in [2.24, 2.45) is 5.92 Å². The van der Waals surface area contributed by atoms with Crippen LogP contribution in [0.15, 0.2) is 41.1 Å². The number of amides is 1. The second-order valence-corrected chi connectivity index (χ2v) is 13.6. The van der Waals surface area contributed by atoms with Crippen molar-refractivity contribution in [3.05, 3.63) is 48.2 Å². The van der Waals surface area contributed by atoms with Gasteiger partial charge in [-0.3, -0.25) is 13.9 Å². The maximum absolute atomic E-state index is 13.4. The molecule has 0 spiro atoms. The monoisotopic (exact) mass is 562 g/mol. The van der Waals surface area contributed by atoms with Crippen LogP contribution in [0.1, 0.15) is 56.0 Å². The molecule has 1 aliphatic heterocycles. The lowest BCUT2D eigenvalue weighted by atomic mass is 9.76. The fraction of sp³-hybridized carbons (Fsp3) is 0.483. The van der Waals surface area contributed by atoms with E-state index in [2.05, 4.69) is 26.3 Å². The standard InChI is InChI=1S/C29H34N6O4S/c1-19-31-16-21(17-32-19)28-33-25(20-6-8-22(9-7-20)35-12-14-40(37,38)15-13-35)26(39-28)23-4-2-3-5-24(23)27(36)34-29(18-30)10-11-29/h6-9,16-17,23-24,37-38H,2-5,10-15H2,1H3,(H,34,36)/t23-,24-/m1/s1. The third kappa shape index (κ3) is 5.44. The van der Waals surface area contributed by atoms with Crippen LogP contribution in [-0.4, -0.2) is 60.1 Å². The van der Waals surface area contributed by atoms with Crippen molar-refractivity contribution in [2.75, 3.05) is 29.5 Å². The number of aromatic nitrogens is 3. The van der Waals surface area contributed by atoms with E-state index >= 15 is 0 Å².